The van der Waals surface area contributed by atoms with Crippen LogP contribution in [0.3, 0.4) is 0 Å². The molecular formula is C56H66N4O9Si. The second-order valence-electron chi connectivity index (χ2n) is 19.7. The van der Waals surface area contributed by atoms with Crippen LogP contribution in [0.1, 0.15) is 60.9 Å². The predicted molar refractivity (Wildman–Crippen MR) is 273 cm³/mol. The minimum absolute atomic E-state index is 0.0331. The van der Waals surface area contributed by atoms with Gasteiger partial charge in [0.05, 0.1) is 78.0 Å². The van der Waals surface area contributed by atoms with Crippen molar-refractivity contribution < 1.29 is 43.5 Å². The summed E-state index contributed by atoms with van der Waals surface area (Å²) in [6.45, 7) is 10.2. The summed E-state index contributed by atoms with van der Waals surface area (Å²) in [6, 6.07) is 34.7. The highest BCUT2D eigenvalue weighted by Crippen LogP contribution is 2.61. The van der Waals surface area contributed by atoms with Gasteiger partial charge in [-0.05, 0) is 128 Å². The summed E-state index contributed by atoms with van der Waals surface area (Å²) >= 11 is 0. The van der Waals surface area contributed by atoms with Gasteiger partial charge in [0.1, 0.15) is 17.2 Å². The van der Waals surface area contributed by atoms with Crippen molar-refractivity contribution in [1.29, 1.82) is 0 Å². The Kier molecular flexibility index (Phi) is 14.2. The Hall–Kier alpha value is -6.03. The van der Waals surface area contributed by atoms with Crippen molar-refractivity contribution in [3.05, 3.63) is 137 Å². The van der Waals surface area contributed by atoms with E-state index in [4.69, 9.17) is 18.9 Å². The maximum Gasteiger partial charge on any atom is 0.264 e. The summed E-state index contributed by atoms with van der Waals surface area (Å²) < 4.78 is 24.7. The van der Waals surface area contributed by atoms with Gasteiger partial charge in [0.25, 0.3) is 5.91 Å². The fourth-order valence-corrected chi connectivity index (χ4v) is 15.8. The van der Waals surface area contributed by atoms with Crippen molar-refractivity contribution in [2.45, 2.75) is 101 Å². The Morgan fingerprint density at radius 2 is 1.56 bits per heavy atom. The highest BCUT2D eigenvalue weighted by atomic mass is 28.3. The molecule has 3 N–H and O–H groups in total. The summed E-state index contributed by atoms with van der Waals surface area (Å²) in [5, 5.41) is 24.6. The van der Waals surface area contributed by atoms with Gasteiger partial charge in [0.2, 0.25) is 11.8 Å². The molecule has 3 amide bonds. The SMILES string of the molecule is CCOc1ccc2c(c1)CC(NCCCCO)C(=O)N2c1cccc(CN2C(=O)[C@]3(O[C@H](CC(=O)N4Cc5ccccc5C[C@H]4CO)[C@@H]([Si](C)(C)c4ccc(OC)cc4)[C@@H]3C)c3cc(OC)ccc32)c1. The summed E-state index contributed by atoms with van der Waals surface area (Å²) in [5.74, 6) is 1.25. The number of methoxy groups -OCH3 is 2. The number of hydrogen-bond acceptors (Lipinski definition) is 10. The summed E-state index contributed by atoms with van der Waals surface area (Å²) in [6.07, 6.45) is 1.81. The van der Waals surface area contributed by atoms with Crippen molar-refractivity contribution in [2.24, 2.45) is 5.92 Å². The molecule has 4 aliphatic rings. The van der Waals surface area contributed by atoms with Crippen LogP contribution in [0.2, 0.25) is 18.6 Å². The first-order valence-electron chi connectivity index (χ1n) is 24.7. The maximum absolute atomic E-state index is 15.9. The van der Waals surface area contributed by atoms with Crippen molar-refractivity contribution in [1.82, 2.24) is 10.2 Å². The number of amides is 3. The van der Waals surface area contributed by atoms with Crippen LogP contribution in [0, 0.1) is 5.92 Å². The maximum atomic E-state index is 15.9. The van der Waals surface area contributed by atoms with Gasteiger partial charge in [0.15, 0.2) is 5.60 Å². The molecule has 1 fully saturated rings. The van der Waals surface area contributed by atoms with Crippen LogP contribution in [0.5, 0.6) is 17.2 Å². The first kappa shape index (κ1) is 49.0. The number of nitrogens with zero attached hydrogens (tertiary/aromatic N) is 3. The van der Waals surface area contributed by atoms with Gasteiger partial charge in [-0.2, -0.15) is 0 Å². The van der Waals surface area contributed by atoms with Gasteiger partial charge < -0.3 is 44.3 Å². The van der Waals surface area contributed by atoms with Crippen LogP contribution >= 0.6 is 0 Å². The third-order valence-corrected chi connectivity index (χ3v) is 19.7. The van der Waals surface area contributed by atoms with Crippen molar-refractivity contribution >= 4 is 48.0 Å². The van der Waals surface area contributed by atoms with E-state index in [1.807, 2.05) is 97.9 Å². The Morgan fingerprint density at radius 3 is 2.29 bits per heavy atom. The molecule has 0 radical (unpaired) electrons. The lowest BCUT2D eigenvalue weighted by atomic mass is 9.82. The zero-order valence-corrected chi connectivity index (χ0v) is 42.2. The van der Waals surface area contributed by atoms with E-state index in [0.717, 1.165) is 51.0 Å². The van der Waals surface area contributed by atoms with E-state index in [-0.39, 0.29) is 61.4 Å². The lowest BCUT2D eigenvalue weighted by molar-refractivity contribution is -0.151. The molecule has 1 unspecified atom stereocenters. The molecule has 368 valence electrons. The molecule has 0 aliphatic carbocycles. The number of aliphatic hydroxyl groups is 2. The highest BCUT2D eigenvalue weighted by Gasteiger charge is 2.66. The van der Waals surface area contributed by atoms with E-state index in [2.05, 4.69) is 43.5 Å². The second kappa shape index (κ2) is 20.4. The van der Waals surface area contributed by atoms with E-state index in [1.54, 1.807) is 28.9 Å². The third kappa shape index (κ3) is 8.89. The van der Waals surface area contributed by atoms with Crippen LogP contribution in [0.25, 0.3) is 0 Å². The molecule has 9 rings (SSSR count). The molecule has 4 aliphatic heterocycles. The van der Waals surface area contributed by atoms with Gasteiger partial charge in [-0.25, -0.2) is 0 Å². The normalized spacial score (nSPS) is 22.8. The monoisotopic (exact) mass is 966 g/mol. The van der Waals surface area contributed by atoms with Gasteiger partial charge in [-0.3, -0.25) is 19.3 Å². The van der Waals surface area contributed by atoms with Crippen molar-refractivity contribution in [3.8, 4) is 17.2 Å². The van der Waals surface area contributed by atoms with Gasteiger partial charge in [0, 0.05) is 30.3 Å². The number of ether oxygens (including phenoxy) is 4. The largest absolute Gasteiger partial charge is 0.497 e. The first-order valence-corrected chi connectivity index (χ1v) is 27.8. The Morgan fingerprint density at radius 1 is 0.829 bits per heavy atom. The number of unbranched alkanes of at least 4 members (excludes halogenated alkanes) is 1. The van der Waals surface area contributed by atoms with Gasteiger partial charge in [-0.1, -0.05) is 73.7 Å². The molecule has 4 heterocycles. The first-order chi connectivity index (χ1) is 33.9. The fraction of sp³-hybridized carbons (Fsp3) is 0.411. The van der Waals surface area contributed by atoms with E-state index in [1.165, 1.54) is 0 Å². The molecule has 0 bridgehead atoms. The van der Waals surface area contributed by atoms with E-state index >= 15 is 4.79 Å². The molecule has 1 saturated heterocycles. The highest BCUT2D eigenvalue weighted by molar-refractivity contribution is 6.91. The molecule has 6 atom stereocenters. The molecule has 13 nitrogen and oxygen atoms in total. The summed E-state index contributed by atoms with van der Waals surface area (Å²) in [5.41, 5.74) is 5.13. The van der Waals surface area contributed by atoms with Crippen LogP contribution in [0.15, 0.2) is 109 Å². The van der Waals surface area contributed by atoms with Crippen LogP contribution in [-0.2, 0) is 50.7 Å². The number of nitrogens with one attached hydrogen (secondary N) is 1. The van der Waals surface area contributed by atoms with Crippen LogP contribution < -0.4 is 34.5 Å². The Balaban J connectivity index is 1.08. The molecule has 1 spiro atoms. The summed E-state index contributed by atoms with van der Waals surface area (Å²) in [7, 11) is 0.634. The molecule has 70 heavy (non-hydrogen) atoms. The fourth-order valence-electron chi connectivity index (χ4n) is 11.8. The number of aliphatic hydroxyl groups excluding tert-OH is 2. The average Bonchev–Trinajstić information content (AvgIpc) is 3.80. The lowest BCUT2D eigenvalue weighted by Crippen LogP contribution is -2.52. The molecule has 5 aromatic rings. The number of fused-ring (bicyclic) bond motifs is 4. The summed E-state index contributed by atoms with van der Waals surface area (Å²) in [4.78, 5) is 50.6. The zero-order valence-electron chi connectivity index (χ0n) is 41.2. The number of carbonyl (C=O) groups is 3. The van der Waals surface area contributed by atoms with Crippen LogP contribution in [-0.4, -0.2) is 99.7 Å². The number of carbonyl (C=O) groups excluding carboxylic acids is 3. The average molecular weight is 967 g/mol. The smallest absolute Gasteiger partial charge is 0.264 e. The van der Waals surface area contributed by atoms with E-state index in [0.29, 0.717) is 61.6 Å². The van der Waals surface area contributed by atoms with E-state index < -0.39 is 25.8 Å². The molecule has 14 heteroatoms. The molecule has 0 aromatic heterocycles. The third-order valence-electron chi connectivity index (χ3n) is 15.3. The standard InChI is InChI=1S/C56H66N4O9Si/c1-7-68-45-20-23-49-40(29-45)30-48(57-25-10-11-26-61)54(64)60(49)41-16-12-13-37(27-41)33-59-50-24-19-44(67-4)31-47(50)56(55(59)65)36(2)53(70(5,6)46-21-17-43(66-3)18-22-46)51(69-56)32-52(63)58-34-39-15-9-8-14-38(39)28-42(58)35-62/h8-9,12-24,27,29,31,36,42,48,51,53,57,61-62H,7,10-11,25-26,28,30,32-35H2,1-6H3/t36-,42-,48?,51+,53-,56+/m0/s1. The minimum atomic E-state index is -2.62. The number of hydrogen-bond donors (Lipinski definition) is 3. The topological polar surface area (TPSA) is 150 Å². The van der Waals surface area contributed by atoms with Crippen LogP contribution in [0.4, 0.5) is 17.1 Å². The van der Waals surface area contributed by atoms with Crippen molar-refractivity contribution in [3.63, 3.8) is 0 Å². The molecule has 5 aromatic carbocycles. The lowest BCUT2D eigenvalue weighted by Gasteiger charge is -2.39. The zero-order chi connectivity index (χ0) is 49.3. The predicted octanol–water partition coefficient (Wildman–Crippen LogP) is 7.15. The Labute approximate surface area is 412 Å². The molecular weight excluding hydrogens is 901 g/mol. The Bertz CT molecular complexity index is 2730. The number of rotatable bonds is 17. The van der Waals surface area contributed by atoms with Gasteiger partial charge in [-0.15, -0.1) is 0 Å². The van der Waals surface area contributed by atoms with E-state index in [9.17, 15) is 19.8 Å². The van der Waals surface area contributed by atoms with Crippen molar-refractivity contribution in [2.75, 3.05) is 50.4 Å². The van der Waals surface area contributed by atoms with Gasteiger partial charge >= 0.3 is 0 Å². The second-order valence-corrected chi connectivity index (χ2v) is 24.4. The number of benzene rings is 5. The quantitative estimate of drug-likeness (QED) is 0.0648. The molecule has 0 saturated carbocycles. The minimum Gasteiger partial charge on any atom is -0.497 e. The number of anilines is 3.